The Bertz CT molecular complexity index is 631. The molecule has 2 heterocycles. The average molecular weight is 320 g/mol. The quantitative estimate of drug-likeness (QED) is 0.847. The molecule has 1 saturated heterocycles. The number of amides is 1. The van der Waals surface area contributed by atoms with E-state index in [4.69, 9.17) is 11.6 Å². The van der Waals surface area contributed by atoms with Crippen molar-refractivity contribution >= 4 is 17.5 Å². The van der Waals surface area contributed by atoms with E-state index in [1.54, 1.807) is 11.0 Å². The van der Waals surface area contributed by atoms with Crippen LogP contribution in [0.15, 0.2) is 30.6 Å². The second-order valence-corrected chi connectivity index (χ2v) is 5.93. The van der Waals surface area contributed by atoms with Gasteiger partial charge in [-0.3, -0.25) is 4.79 Å². The van der Waals surface area contributed by atoms with Crippen molar-refractivity contribution in [2.75, 3.05) is 13.1 Å². The summed E-state index contributed by atoms with van der Waals surface area (Å²) in [5.41, 5.74) is 1.15. The smallest absolute Gasteiger partial charge is 0.222 e. The van der Waals surface area contributed by atoms with E-state index in [2.05, 4.69) is 21.6 Å². The summed E-state index contributed by atoms with van der Waals surface area (Å²) < 4.78 is 1.64. The van der Waals surface area contributed by atoms with Crippen LogP contribution in [0.2, 0.25) is 5.02 Å². The summed E-state index contributed by atoms with van der Waals surface area (Å²) in [5.74, 6) is 0.541. The number of carbonyl (C=O) groups is 1. The molecule has 0 spiro atoms. The van der Waals surface area contributed by atoms with Crippen LogP contribution in [0.4, 0.5) is 0 Å². The SMILES string of the molecule is O=C(CCCn1cnnn1)N1CCC(c2ccccc2Cl)C1. The van der Waals surface area contributed by atoms with Crippen LogP contribution >= 0.6 is 11.6 Å². The Labute approximate surface area is 134 Å². The lowest BCUT2D eigenvalue weighted by Gasteiger charge is -2.17. The first-order chi connectivity index (χ1) is 10.7. The first-order valence-electron chi connectivity index (χ1n) is 7.47. The fourth-order valence-corrected chi connectivity index (χ4v) is 3.17. The molecule has 0 N–H and O–H groups in total. The highest BCUT2D eigenvalue weighted by molar-refractivity contribution is 6.31. The van der Waals surface area contributed by atoms with Crippen molar-refractivity contribution in [1.29, 1.82) is 0 Å². The van der Waals surface area contributed by atoms with Gasteiger partial charge in [-0.1, -0.05) is 29.8 Å². The van der Waals surface area contributed by atoms with E-state index >= 15 is 0 Å². The van der Waals surface area contributed by atoms with Crippen LogP contribution in [-0.4, -0.2) is 44.1 Å². The van der Waals surface area contributed by atoms with Crippen molar-refractivity contribution < 1.29 is 4.79 Å². The third-order valence-corrected chi connectivity index (χ3v) is 4.40. The Morgan fingerprint density at radius 3 is 3.00 bits per heavy atom. The van der Waals surface area contributed by atoms with Gasteiger partial charge in [0, 0.05) is 37.0 Å². The van der Waals surface area contributed by atoms with E-state index in [9.17, 15) is 4.79 Å². The number of halogens is 1. The van der Waals surface area contributed by atoms with Crippen molar-refractivity contribution in [3.8, 4) is 0 Å². The number of nitrogens with zero attached hydrogens (tertiary/aromatic N) is 5. The summed E-state index contributed by atoms with van der Waals surface area (Å²) >= 11 is 6.25. The maximum atomic E-state index is 12.3. The summed E-state index contributed by atoms with van der Waals surface area (Å²) in [4.78, 5) is 14.2. The Morgan fingerprint density at radius 1 is 1.36 bits per heavy atom. The highest BCUT2D eigenvalue weighted by Crippen LogP contribution is 2.32. The summed E-state index contributed by atoms with van der Waals surface area (Å²) in [6.45, 7) is 2.23. The van der Waals surface area contributed by atoms with Crippen LogP contribution in [0.5, 0.6) is 0 Å². The standard InChI is InChI=1S/C15H18ClN5O/c16-14-5-2-1-4-13(14)12-7-9-20(10-12)15(22)6-3-8-21-11-17-18-19-21/h1-2,4-5,11-12H,3,6-10H2. The van der Waals surface area contributed by atoms with E-state index in [-0.39, 0.29) is 5.91 Å². The predicted molar refractivity (Wildman–Crippen MR) is 82.4 cm³/mol. The minimum atomic E-state index is 0.197. The fourth-order valence-electron chi connectivity index (χ4n) is 2.88. The second-order valence-electron chi connectivity index (χ2n) is 5.52. The van der Waals surface area contributed by atoms with Gasteiger partial charge < -0.3 is 4.90 Å². The van der Waals surface area contributed by atoms with Crippen LogP contribution in [0.25, 0.3) is 0 Å². The highest BCUT2D eigenvalue weighted by Gasteiger charge is 2.27. The first-order valence-corrected chi connectivity index (χ1v) is 7.85. The monoisotopic (exact) mass is 319 g/mol. The zero-order valence-corrected chi connectivity index (χ0v) is 13.0. The highest BCUT2D eigenvalue weighted by atomic mass is 35.5. The lowest BCUT2D eigenvalue weighted by Crippen LogP contribution is -2.28. The Kier molecular flexibility index (Phi) is 4.68. The molecule has 6 nitrogen and oxygen atoms in total. The zero-order valence-electron chi connectivity index (χ0n) is 12.2. The van der Waals surface area contributed by atoms with Gasteiger partial charge >= 0.3 is 0 Å². The zero-order chi connectivity index (χ0) is 15.4. The number of carbonyl (C=O) groups excluding carboxylic acids is 1. The van der Waals surface area contributed by atoms with E-state index in [0.717, 1.165) is 36.5 Å². The molecule has 2 aromatic rings. The predicted octanol–water partition coefficient (Wildman–Crippen LogP) is 2.12. The van der Waals surface area contributed by atoms with Crippen molar-refractivity contribution in [2.45, 2.75) is 31.7 Å². The van der Waals surface area contributed by atoms with E-state index in [0.29, 0.717) is 18.9 Å². The molecule has 0 saturated carbocycles. The van der Waals surface area contributed by atoms with Crippen molar-refractivity contribution in [3.05, 3.63) is 41.2 Å². The molecule has 0 radical (unpaired) electrons. The van der Waals surface area contributed by atoms with Gasteiger partial charge in [0.15, 0.2) is 0 Å². The van der Waals surface area contributed by atoms with Gasteiger partial charge in [-0.2, -0.15) is 0 Å². The minimum absolute atomic E-state index is 0.197. The molecule has 1 aliphatic heterocycles. The van der Waals surface area contributed by atoms with Crippen LogP contribution < -0.4 is 0 Å². The number of hydrogen-bond acceptors (Lipinski definition) is 4. The second kappa shape index (κ2) is 6.87. The summed E-state index contributed by atoms with van der Waals surface area (Å²) in [5, 5.41) is 11.7. The van der Waals surface area contributed by atoms with Crippen molar-refractivity contribution in [3.63, 3.8) is 0 Å². The fraction of sp³-hybridized carbons (Fsp3) is 0.467. The van der Waals surface area contributed by atoms with Gasteiger partial charge in [0.05, 0.1) is 0 Å². The molecule has 1 aromatic heterocycles. The number of rotatable bonds is 5. The molecule has 0 aliphatic carbocycles. The Morgan fingerprint density at radius 2 is 2.23 bits per heavy atom. The molecule has 1 aromatic carbocycles. The molecule has 1 amide bonds. The molecular weight excluding hydrogens is 302 g/mol. The molecule has 116 valence electrons. The molecule has 7 heteroatoms. The normalized spacial score (nSPS) is 17.9. The number of aryl methyl sites for hydroxylation is 1. The lowest BCUT2D eigenvalue weighted by atomic mass is 9.98. The third kappa shape index (κ3) is 3.44. The lowest BCUT2D eigenvalue weighted by molar-refractivity contribution is -0.130. The van der Waals surface area contributed by atoms with E-state index in [1.165, 1.54) is 0 Å². The summed E-state index contributed by atoms with van der Waals surface area (Å²) in [7, 11) is 0. The molecule has 1 aliphatic rings. The van der Waals surface area contributed by atoms with E-state index in [1.807, 2.05) is 23.1 Å². The average Bonchev–Trinajstić information content (AvgIpc) is 3.19. The number of benzene rings is 1. The Balaban J connectivity index is 1.49. The van der Waals surface area contributed by atoms with Crippen LogP contribution in [-0.2, 0) is 11.3 Å². The molecule has 3 rings (SSSR count). The minimum Gasteiger partial charge on any atom is -0.342 e. The molecule has 1 fully saturated rings. The van der Waals surface area contributed by atoms with Gasteiger partial charge in [0.2, 0.25) is 5.91 Å². The number of aromatic nitrogens is 4. The molecular formula is C15H18ClN5O. The maximum absolute atomic E-state index is 12.3. The van der Waals surface area contributed by atoms with Gasteiger partial charge in [0.25, 0.3) is 0 Å². The topological polar surface area (TPSA) is 63.9 Å². The van der Waals surface area contributed by atoms with Gasteiger partial charge in [-0.25, -0.2) is 4.68 Å². The first kappa shape index (κ1) is 15.0. The largest absolute Gasteiger partial charge is 0.342 e. The number of likely N-dealkylation sites (tertiary alicyclic amines) is 1. The third-order valence-electron chi connectivity index (χ3n) is 4.06. The van der Waals surface area contributed by atoms with Gasteiger partial charge in [0.1, 0.15) is 6.33 Å². The van der Waals surface area contributed by atoms with Crippen LogP contribution in [0.1, 0.15) is 30.7 Å². The summed E-state index contributed by atoms with van der Waals surface area (Å²) in [6, 6.07) is 7.90. The Hall–Kier alpha value is -1.95. The van der Waals surface area contributed by atoms with E-state index < -0.39 is 0 Å². The van der Waals surface area contributed by atoms with Crippen LogP contribution in [0, 0.1) is 0 Å². The number of tetrazole rings is 1. The van der Waals surface area contributed by atoms with Crippen molar-refractivity contribution in [2.24, 2.45) is 0 Å². The van der Waals surface area contributed by atoms with Gasteiger partial charge in [-0.05, 0) is 34.9 Å². The summed E-state index contributed by atoms with van der Waals surface area (Å²) in [6.07, 6.45) is 3.81. The van der Waals surface area contributed by atoms with Gasteiger partial charge in [-0.15, -0.1) is 5.10 Å². The number of hydrogen-bond donors (Lipinski definition) is 0. The molecule has 1 unspecified atom stereocenters. The van der Waals surface area contributed by atoms with Crippen LogP contribution in [0.3, 0.4) is 0 Å². The van der Waals surface area contributed by atoms with Crippen molar-refractivity contribution in [1.82, 2.24) is 25.1 Å². The maximum Gasteiger partial charge on any atom is 0.222 e. The molecule has 0 bridgehead atoms. The molecule has 1 atom stereocenters. The molecule has 22 heavy (non-hydrogen) atoms.